The molecule has 1 heterocycles. The monoisotopic (exact) mass is 294 g/mol. The van der Waals surface area contributed by atoms with Crippen molar-refractivity contribution in [2.75, 3.05) is 18.0 Å². The summed E-state index contributed by atoms with van der Waals surface area (Å²) < 4.78 is 0. The minimum atomic E-state index is -0.874. The Kier molecular flexibility index (Phi) is 4.29. The maximum atomic E-state index is 12.1. The molecule has 106 valence electrons. The van der Waals surface area contributed by atoms with Crippen molar-refractivity contribution in [3.63, 3.8) is 0 Å². The molecule has 0 saturated carbocycles. The van der Waals surface area contributed by atoms with Gasteiger partial charge in [-0.05, 0) is 11.6 Å². The molecule has 2 N–H and O–H groups in total. The predicted molar refractivity (Wildman–Crippen MR) is 77.2 cm³/mol. The molecule has 1 unspecified atom stereocenters. The number of aliphatic carboxylic acids is 1. The van der Waals surface area contributed by atoms with Crippen molar-refractivity contribution in [2.24, 2.45) is 0 Å². The Morgan fingerprint density at radius 2 is 2.15 bits per heavy atom. The first-order valence-corrected chi connectivity index (χ1v) is 6.56. The molecule has 6 heteroatoms. The Bertz CT molecular complexity index is 559. The molecule has 1 aromatic rings. The van der Waals surface area contributed by atoms with Gasteiger partial charge >= 0.3 is 12.0 Å². The maximum absolute atomic E-state index is 12.1. The molecule has 2 rings (SSSR count). The number of anilines is 1. The highest BCUT2D eigenvalue weighted by Crippen LogP contribution is 2.37. The lowest BCUT2D eigenvalue weighted by molar-refractivity contribution is -0.137. The third-order valence-corrected chi connectivity index (χ3v) is 3.30. The number of halogens is 1. The number of rotatable bonds is 4. The second-order valence-corrected chi connectivity index (χ2v) is 5.17. The van der Waals surface area contributed by atoms with E-state index >= 15 is 0 Å². The van der Waals surface area contributed by atoms with E-state index in [0.717, 1.165) is 11.3 Å². The van der Waals surface area contributed by atoms with Crippen LogP contribution < -0.4 is 10.2 Å². The number of fused-ring (bicyclic) bond motifs is 1. The molecule has 0 spiro atoms. The molecule has 0 bridgehead atoms. The molecule has 0 fully saturated rings. The Morgan fingerprint density at radius 1 is 1.45 bits per heavy atom. The summed E-state index contributed by atoms with van der Waals surface area (Å²) >= 11 is 5.62. The first kappa shape index (κ1) is 14.4. The summed E-state index contributed by atoms with van der Waals surface area (Å²) in [6.45, 7) is 4.04. The summed E-state index contributed by atoms with van der Waals surface area (Å²) in [6, 6.07) is 7.04. The number of carbonyl (C=O) groups is 2. The van der Waals surface area contributed by atoms with Gasteiger partial charge in [-0.2, -0.15) is 0 Å². The molecule has 2 amide bonds. The van der Waals surface area contributed by atoms with Crippen molar-refractivity contribution in [3.05, 3.63) is 41.4 Å². The van der Waals surface area contributed by atoms with Crippen LogP contribution in [0.2, 0.25) is 0 Å². The van der Waals surface area contributed by atoms with Crippen LogP contribution in [0.25, 0.3) is 0 Å². The number of nitrogens with one attached hydrogen (secondary N) is 1. The highest BCUT2D eigenvalue weighted by Gasteiger charge is 2.33. The Morgan fingerprint density at radius 3 is 2.80 bits per heavy atom. The number of benzene rings is 1. The quantitative estimate of drug-likeness (QED) is 0.896. The summed E-state index contributed by atoms with van der Waals surface area (Å²) in [5.41, 5.74) is 1.63. The number of hydrogen-bond acceptors (Lipinski definition) is 2. The first-order chi connectivity index (χ1) is 9.49. The van der Waals surface area contributed by atoms with Crippen LogP contribution in [-0.2, 0) is 4.79 Å². The van der Waals surface area contributed by atoms with Gasteiger partial charge in [0.25, 0.3) is 0 Å². The third-order valence-electron chi connectivity index (χ3n) is 3.17. The van der Waals surface area contributed by atoms with E-state index in [4.69, 9.17) is 16.7 Å². The largest absolute Gasteiger partial charge is 0.481 e. The van der Waals surface area contributed by atoms with Crippen molar-refractivity contribution in [1.29, 1.82) is 0 Å². The molecule has 1 aliphatic heterocycles. The molecule has 5 nitrogen and oxygen atoms in total. The van der Waals surface area contributed by atoms with Crippen LogP contribution in [0.5, 0.6) is 0 Å². The van der Waals surface area contributed by atoms with Crippen LogP contribution in [0.4, 0.5) is 10.5 Å². The molecule has 0 saturated heterocycles. The fraction of sp³-hybridized carbons (Fsp3) is 0.286. The summed E-state index contributed by atoms with van der Waals surface area (Å²) in [5, 5.41) is 11.9. The molecular weight excluding hydrogens is 280 g/mol. The van der Waals surface area contributed by atoms with E-state index in [2.05, 4.69) is 11.9 Å². The van der Waals surface area contributed by atoms with Gasteiger partial charge in [0, 0.05) is 23.2 Å². The van der Waals surface area contributed by atoms with Gasteiger partial charge in [-0.15, -0.1) is 0 Å². The number of nitrogens with zero attached hydrogens (tertiary/aromatic N) is 1. The summed E-state index contributed by atoms with van der Waals surface area (Å²) in [6.07, 6.45) is 0.00298. The normalized spacial score (nSPS) is 16.6. The minimum absolute atomic E-state index is 0.00298. The standard InChI is InChI=1S/C14H15ClN2O3/c1-9(15)7-16-14(20)17-8-10(6-13(18)19)11-4-2-3-5-12(11)17/h2-5,10H,1,6-8H2,(H,16,20)(H,18,19). The van der Waals surface area contributed by atoms with Gasteiger partial charge < -0.3 is 10.4 Å². The SMILES string of the molecule is C=C(Cl)CNC(=O)N1CC(CC(=O)O)c2ccccc21. The maximum Gasteiger partial charge on any atom is 0.322 e. The van der Waals surface area contributed by atoms with Crippen LogP contribution in [0.3, 0.4) is 0 Å². The van der Waals surface area contributed by atoms with Gasteiger partial charge in [-0.25, -0.2) is 4.79 Å². The molecule has 1 aliphatic rings. The second kappa shape index (κ2) is 5.96. The number of urea groups is 1. The zero-order chi connectivity index (χ0) is 14.7. The van der Waals surface area contributed by atoms with E-state index < -0.39 is 5.97 Å². The summed E-state index contributed by atoms with van der Waals surface area (Å²) in [5.74, 6) is -1.06. The van der Waals surface area contributed by atoms with E-state index in [1.165, 1.54) is 0 Å². The number of amides is 2. The summed E-state index contributed by atoms with van der Waals surface area (Å²) in [4.78, 5) is 24.6. The van der Waals surface area contributed by atoms with E-state index in [1.54, 1.807) is 4.90 Å². The zero-order valence-corrected chi connectivity index (χ0v) is 11.6. The van der Waals surface area contributed by atoms with Crippen molar-refractivity contribution in [3.8, 4) is 0 Å². The Hall–Kier alpha value is -2.01. The second-order valence-electron chi connectivity index (χ2n) is 4.64. The fourth-order valence-corrected chi connectivity index (χ4v) is 2.41. The molecule has 0 aromatic heterocycles. The molecular formula is C14H15ClN2O3. The highest BCUT2D eigenvalue weighted by molar-refractivity contribution is 6.29. The number of carbonyl (C=O) groups excluding carboxylic acids is 1. The van der Waals surface area contributed by atoms with Crippen molar-refractivity contribution in [1.82, 2.24) is 5.32 Å². The highest BCUT2D eigenvalue weighted by atomic mass is 35.5. The third kappa shape index (κ3) is 3.11. The van der Waals surface area contributed by atoms with Crippen LogP contribution in [0.15, 0.2) is 35.9 Å². The van der Waals surface area contributed by atoms with Gasteiger partial charge in [-0.3, -0.25) is 9.69 Å². The zero-order valence-electron chi connectivity index (χ0n) is 10.8. The number of carboxylic acid groups (broad SMARTS) is 1. The lowest BCUT2D eigenvalue weighted by Crippen LogP contribution is -2.40. The molecule has 0 radical (unpaired) electrons. The van der Waals surface area contributed by atoms with Gasteiger partial charge in [0.1, 0.15) is 0 Å². The molecule has 20 heavy (non-hydrogen) atoms. The Labute approximate surface area is 121 Å². The van der Waals surface area contributed by atoms with Crippen LogP contribution >= 0.6 is 11.6 Å². The van der Waals surface area contributed by atoms with E-state index in [0.29, 0.717) is 11.6 Å². The number of carboxylic acids is 1. The van der Waals surface area contributed by atoms with E-state index in [9.17, 15) is 9.59 Å². The number of hydrogen-bond donors (Lipinski definition) is 2. The van der Waals surface area contributed by atoms with E-state index in [1.807, 2.05) is 24.3 Å². The minimum Gasteiger partial charge on any atom is -0.481 e. The molecule has 1 atom stereocenters. The van der Waals surface area contributed by atoms with Crippen LogP contribution in [0, 0.1) is 0 Å². The van der Waals surface area contributed by atoms with Crippen LogP contribution in [0.1, 0.15) is 17.9 Å². The van der Waals surface area contributed by atoms with Crippen molar-refractivity contribution < 1.29 is 14.7 Å². The van der Waals surface area contributed by atoms with Gasteiger partial charge in [0.05, 0.1) is 13.0 Å². The van der Waals surface area contributed by atoms with Crippen LogP contribution in [-0.4, -0.2) is 30.2 Å². The molecule has 1 aromatic carbocycles. The van der Waals surface area contributed by atoms with Gasteiger partial charge in [0.2, 0.25) is 0 Å². The van der Waals surface area contributed by atoms with Gasteiger partial charge in [-0.1, -0.05) is 36.4 Å². The average molecular weight is 295 g/mol. The van der Waals surface area contributed by atoms with Gasteiger partial charge in [0.15, 0.2) is 0 Å². The lowest BCUT2D eigenvalue weighted by Gasteiger charge is -2.18. The topological polar surface area (TPSA) is 69.6 Å². The van der Waals surface area contributed by atoms with Crippen molar-refractivity contribution in [2.45, 2.75) is 12.3 Å². The molecule has 0 aliphatic carbocycles. The summed E-state index contributed by atoms with van der Waals surface area (Å²) in [7, 11) is 0. The predicted octanol–water partition coefficient (Wildman–Crippen LogP) is 2.53. The Balaban J connectivity index is 2.18. The first-order valence-electron chi connectivity index (χ1n) is 6.18. The smallest absolute Gasteiger partial charge is 0.322 e. The number of para-hydroxylation sites is 1. The average Bonchev–Trinajstić information content (AvgIpc) is 2.74. The van der Waals surface area contributed by atoms with E-state index in [-0.39, 0.29) is 24.9 Å². The van der Waals surface area contributed by atoms with Crippen molar-refractivity contribution >= 4 is 29.3 Å². The fourth-order valence-electron chi connectivity index (χ4n) is 2.34. The lowest BCUT2D eigenvalue weighted by atomic mass is 9.98.